The molecule has 3 heteroatoms. The second-order valence-corrected chi connectivity index (χ2v) is 5.81. The summed E-state index contributed by atoms with van der Waals surface area (Å²) in [6.07, 6.45) is 3.31. The molecule has 2 aliphatic rings. The van der Waals surface area contributed by atoms with E-state index >= 15 is 0 Å². The van der Waals surface area contributed by atoms with Crippen molar-refractivity contribution in [3.05, 3.63) is 34.9 Å². The monoisotopic (exact) mass is 260 g/mol. The maximum Gasteiger partial charge on any atom is 0.307 e. The summed E-state index contributed by atoms with van der Waals surface area (Å²) in [6.45, 7) is 3.47. The van der Waals surface area contributed by atoms with Crippen molar-refractivity contribution in [1.82, 2.24) is 0 Å². The molecule has 1 atom stereocenters. The van der Waals surface area contributed by atoms with Crippen LogP contribution in [0, 0.1) is 12.8 Å². The van der Waals surface area contributed by atoms with Crippen LogP contribution < -0.4 is 0 Å². The Morgan fingerprint density at radius 2 is 2.11 bits per heavy atom. The highest BCUT2D eigenvalue weighted by Gasteiger charge is 2.49. The summed E-state index contributed by atoms with van der Waals surface area (Å²) in [7, 11) is 0. The normalized spacial score (nSPS) is 25.0. The predicted molar refractivity (Wildman–Crippen MR) is 72.4 cm³/mol. The maximum absolute atomic E-state index is 11.7. The van der Waals surface area contributed by atoms with Crippen molar-refractivity contribution in [2.75, 3.05) is 13.2 Å². The number of rotatable bonds is 1. The van der Waals surface area contributed by atoms with Gasteiger partial charge in [-0.25, -0.2) is 0 Å². The number of aliphatic carboxylic acids is 1. The van der Waals surface area contributed by atoms with E-state index in [-0.39, 0.29) is 11.3 Å². The average Bonchev–Trinajstić information content (AvgIpc) is 2.39. The molecular weight excluding hydrogens is 240 g/mol. The molecule has 1 aromatic rings. The van der Waals surface area contributed by atoms with Gasteiger partial charge in [0.15, 0.2) is 0 Å². The van der Waals surface area contributed by atoms with Crippen molar-refractivity contribution >= 4 is 5.97 Å². The molecule has 1 unspecified atom stereocenters. The zero-order chi connectivity index (χ0) is 13.5. The molecule has 0 bridgehead atoms. The third-order valence-electron chi connectivity index (χ3n) is 4.91. The largest absolute Gasteiger partial charge is 0.481 e. The predicted octanol–water partition coefficient (Wildman–Crippen LogP) is 2.69. The van der Waals surface area contributed by atoms with Gasteiger partial charge in [-0.05, 0) is 49.3 Å². The SMILES string of the molecule is Cc1cccc2c1C1(CCOCC1)C(C(=O)O)CC2. The van der Waals surface area contributed by atoms with Crippen molar-refractivity contribution in [2.45, 2.75) is 38.0 Å². The highest BCUT2D eigenvalue weighted by molar-refractivity contribution is 5.74. The van der Waals surface area contributed by atoms with Crippen LogP contribution in [0.4, 0.5) is 0 Å². The van der Waals surface area contributed by atoms with Gasteiger partial charge < -0.3 is 9.84 Å². The molecule has 1 saturated heterocycles. The third kappa shape index (κ3) is 1.88. The van der Waals surface area contributed by atoms with Gasteiger partial charge in [0.1, 0.15) is 0 Å². The first-order chi connectivity index (χ1) is 9.15. The summed E-state index contributed by atoms with van der Waals surface area (Å²) in [5.74, 6) is -0.902. The summed E-state index contributed by atoms with van der Waals surface area (Å²) in [5.41, 5.74) is 3.69. The van der Waals surface area contributed by atoms with Crippen LogP contribution in [0.5, 0.6) is 0 Å². The summed E-state index contributed by atoms with van der Waals surface area (Å²) in [4.78, 5) is 11.7. The van der Waals surface area contributed by atoms with Crippen LogP contribution in [0.1, 0.15) is 36.0 Å². The van der Waals surface area contributed by atoms with Crippen LogP contribution in [0.2, 0.25) is 0 Å². The Kier molecular flexibility index (Phi) is 3.09. The van der Waals surface area contributed by atoms with Gasteiger partial charge >= 0.3 is 5.97 Å². The molecule has 1 aromatic carbocycles. The zero-order valence-electron chi connectivity index (χ0n) is 11.3. The first kappa shape index (κ1) is 12.7. The Bertz CT molecular complexity index is 501. The van der Waals surface area contributed by atoms with E-state index in [0.717, 1.165) is 25.7 Å². The lowest BCUT2D eigenvalue weighted by Gasteiger charge is -2.47. The van der Waals surface area contributed by atoms with Gasteiger partial charge in [0.05, 0.1) is 5.92 Å². The van der Waals surface area contributed by atoms with Gasteiger partial charge in [-0.1, -0.05) is 18.2 Å². The van der Waals surface area contributed by atoms with Crippen LogP contribution in [0.3, 0.4) is 0 Å². The van der Waals surface area contributed by atoms with Crippen molar-refractivity contribution < 1.29 is 14.6 Å². The fourth-order valence-corrected chi connectivity index (χ4v) is 4.09. The lowest BCUT2D eigenvalue weighted by atomic mass is 9.58. The van der Waals surface area contributed by atoms with Gasteiger partial charge in [-0.2, -0.15) is 0 Å². The Morgan fingerprint density at radius 1 is 1.37 bits per heavy atom. The molecule has 1 N–H and O–H groups in total. The summed E-state index contributed by atoms with van der Waals surface area (Å²) in [5, 5.41) is 9.63. The van der Waals surface area contributed by atoms with Crippen molar-refractivity contribution in [3.63, 3.8) is 0 Å². The van der Waals surface area contributed by atoms with E-state index in [4.69, 9.17) is 4.74 Å². The molecule has 1 aliphatic heterocycles. The maximum atomic E-state index is 11.7. The second kappa shape index (κ2) is 4.64. The standard InChI is InChI=1S/C16H20O3/c1-11-3-2-4-12-5-6-13(15(17)18)16(14(11)12)7-9-19-10-8-16/h2-4,13H,5-10H2,1H3,(H,17,18). The van der Waals surface area contributed by atoms with Crippen LogP contribution in [0.15, 0.2) is 18.2 Å². The van der Waals surface area contributed by atoms with Crippen LogP contribution in [-0.2, 0) is 21.4 Å². The van der Waals surface area contributed by atoms with E-state index in [1.165, 1.54) is 16.7 Å². The average molecular weight is 260 g/mol. The topological polar surface area (TPSA) is 46.5 Å². The summed E-state index contributed by atoms with van der Waals surface area (Å²) >= 11 is 0. The zero-order valence-corrected chi connectivity index (χ0v) is 11.3. The number of carboxylic acid groups (broad SMARTS) is 1. The number of hydrogen-bond donors (Lipinski definition) is 1. The molecule has 0 saturated carbocycles. The molecule has 19 heavy (non-hydrogen) atoms. The molecule has 0 radical (unpaired) electrons. The number of carboxylic acids is 1. The molecule has 3 nitrogen and oxygen atoms in total. The fraction of sp³-hybridized carbons (Fsp3) is 0.562. The van der Waals surface area contributed by atoms with Gasteiger partial charge in [-0.3, -0.25) is 4.79 Å². The minimum Gasteiger partial charge on any atom is -0.481 e. The van der Waals surface area contributed by atoms with E-state index in [1.54, 1.807) is 0 Å². The lowest BCUT2D eigenvalue weighted by molar-refractivity contribution is -0.147. The molecule has 1 heterocycles. The molecule has 0 amide bonds. The Balaban J connectivity index is 2.17. The van der Waals surface area contributed by atoms with Gasteiger partial charge in [0.2, 0.25) is 0 Å². The molecular formula is C16H20O3. The van der Waals surface area contributed by atoms with Crippen LogP contribution in [-0.4, -0.2) is 24.3 Å². The van der Waals surface area contributed by atoms with Crippen molar-refractivity contribution in [2.24, 2.45) is 5.92 Å². The summed E-state index contributed by atoms with van der Waals surface area (Å²) < 4.78 is 5.49. The Hall–Kier alpha value is -1.35. The van der Waals surface area contributed by atoms with E-state index in [0.29, 0.717) is 13.2 Å². The minimum atomic E-state index is -0.643. The molecule has 102 valence electrons. The number of fused-ring (bicyclic) bond motifs is 2. The first-order valence-electron chi connectivity index (χ1n) is 7.05. The molecule has 1 fully saturated rings. The van der Waals surface area contributed by atoms with E-state index in [1.807, 2.05) is 0 Å². The van der Waals surface area contributed by atoms with E-state index in [9.17, 15) is 9.90 Å². The van der Waals surface area contributed by atoms with Crippen molar-refractivity contribution in [1.29, 1.82) is 0 Å². The van der Waals surface area contributed by atoms with Crippen LogP contribution in [0.25, 0.3) is 0 Å². The molecule has 1 spiro atoms. The number of benzene rings is 1. The molecule has 1 aliphatic carbocycles. The Labute approximate surface area is 113 Å². The molecule has 0 aromatic heterocycles. The smallest absolute Gasteiger partial charge is 0.307 e. The number of carbonyl (C=O) groups is 1. The van der Waals surface area contributed by atoms with E-state index < -0.39 is 5.97 Å². The number of aryl methyl sites for hydroxylation is 2. The highest BCUT2D eigenvalue weighted by atomic mass is 16.5. The lowest BCUT2D eigenvalue weighted by Crippen LogP contribution is -2.47. The van der Waals surface area contributed by atoms with Crippen LogP contribution >= 0.6 is 0 Å². The highest BCUT2D eigenvalue weighted by Crippen LogP contribution is 2.49. The number of ether oxygens (including phenoxy) is 1. The summed E-state index contributed by atoms with van der Waals surface area (Å²) in [6, 6.07) is 6.36. The fourth-order valence-electron chi connectivity index (χ4n) is 4.09. The second-order valence-electron chi connectivity index (χ2n) is 5.81. The molecule has 3 rings (SSSR count). The quantitative estimate of drug-likeness (QED) is 0.844. The first-order valence-corrected chi connectivity index (χ1v) is 7.05. The van der Waals surface area contributed by atoms with Crippen molar-refractivity contribution in [3.8, 4) is 0 Å². The van der Waals surface area contributed by atoms with Gasteiger partial charge in [-0.15, -0.1) is 0 Å². The third-order valence-corrected chi connectivity index (χ3v) is 4.91. The van der Waals surface area contributed by atoms with Gasteiger partial charge in [0.25, 0.3) is 0 Å². The van der Waals surface area contributed by atoms with E-state index in [2.05, 4.69) is 25.1 Å². The number of hydrogen-bond acceptors (Lipinski definition) is 2. The Morgan fingerprint density at radius 3 is 2.79 bits per heavy atom. The van der Waals surface area contributed by atoms with Gasteiger partial charge in [0, 0.05) is 18.6 Å². The minimum absolute atomic E-state index is 0.205.